The standard InChI is InChI=1S/C13H17NO4S/c1-7(2)4-11-14-9(6-19-11)12(15)18-10-5-8(3)17-13(10)16/h6-8,10H,4-5H2,1-3H3/t8-,10-/m1/s1. The Bertz CT molecular complexity index is 483. The van der Waals surface area contributed by atoms with E-state index in [0.29, 0.717) is 12.3 Å². The van der Waals surface area contributed by atoms with Crippen LogP contribution >= 0.6 is 11.3 Å². The number of hydrogen-bond acceptors (Lipinski definition) is 6. The Morgan fingerprint density at radius 2 is 2.37 bits per heavy atom. The first kappa shape index (κ1) is 14.0. The molecule has 104 valence electrons. The van der Waals surface area contributed by atoms with E-state index >= 15 is 0 Å². The third kappa shape index (κ3) is 3.53. The van der Waals surface area contributed by atoms with Gasteiger partial charge in [0.25, 0.3) is 0 Å². The molecule has 2 rings (SSSR count). The Kier molecular flexibility index (Phi) is 4.19. The Morgan fingerprint density at radius 3 is 2.95 bits per heavy atom. The monoisotopic (exact) mass is 283 g/mol. The van der Waals surface area contributed by atoms with E-state index < -0.39 is 18.0 Å². The maximum absolute atomic E-state index is 11.9. The number of nitrogens with zero attached hydrogens (tertiary/aromatic N) is 1. The number of aromatic nitrogens is 1. The number of hydrogen-bond donors (Lipinski definition) is 0. The summed E-state index contributed by atoms with van der Waals surface area (Å²) in [5, 5.41) is 2.58. The molecule has 1 aliphatic rings. The average Bonchev–Trinajstić information content (AvgIpc) is 2.86. The van der Waals surface area contributed by atoms with Gasteiger partial charge in [-0.1, -0.05) is 13.8 Å². The molecule has 0 spiro atoms. The van der Waals surface area contributed by atoms with E-state index in [4.69, 9.17) is 9.47 Å². The van der Waals surface area contributed by atoms with Crippen LogP contribution in [0.3, 0.4) is 0 Å². The summed E-state index contributed by atoms with van der Waals surface area (Å²) >= 11 is 1.44. The van der Waals surface area contributed by atoms with Gasteiger partial charge in [-0.25, -0.2) is 14.6 Å². The molecule has 0 amide bonds. The lowest BCUT2D eigenvalue weighted by Crippen LogP contribution is -2.22. The number of carbonyl (C=O) groups excluding carboxylic acids is 2. The van der Waals surface area contributed by atoms with Crippen molar-refractivity contribution in [3.05, 3.63) is 16.1 Å². The summed E-state index contributed by atoms with van der Waals surface area (Å²) in [5.74, 6) is -0.540. The Labute approximate surface area is 115 Å². The van der Waals surface area contributed by atoms with Crippen LogP contribution in [0.1, 0.15) is 42.7 Å². The second-order valence-corrected chi connectivity index (χ2v) is 6.04. The minimum Gasteiger partial charge on any atom is -0.460 e. The average molecular weight is 283 g/mol. The molecule has 0 N–H and O–H groups in total. The van der Waals surface area contributed by atoms with Crippen LogP contribution in [0.5, 0.6) is 0 Å². The van der Waals surface area contributed by atoms with Crippen LogP contribution in [-0.2, 0) is 20.7 Å². The summed E-state index contributed by atoms with van der Waals surface area (Å²) < 4.78 is 10.1. The minimum atomic E-state index is -0.794. The summed E-state index contributed by atoms with van der Waals surface area (Å²) in [6, 6.07) is 0. The fourth-order valence-electron chi connectivity index (χ4n) is 1.85. The van der Waals surface area contributed by atoms with Crippen LogP contribution in [0, 0.1) is 5.92 Å². The summed E-state index contributed by atoms with van der Waals surface area (Å²) in [5.41, 5.74) is 0.271. The van der Waals surface area contributed by atoms with Crippen molar-refractivity contribution in [3.8, 4) is 0 Å². The van der Waals surface area contributed by atoms with Crippen LogP contribution in [0.15, 0.2) is 5.38 Å². The number of esters is 2. The second-order valence-electron chi connectivity index (χ2n) is 5.10. The van der Waals surface area contributed by atoms with Crippen LogP contribution in [0.4, 0.5) is 0 Å². The first-order valence-corrected chi connectivity index (χ1v) is 7.19. The number of ether oxygens (including phenoxy) is 2. The zero-order valence-corrected chi connectivity index (χ0v) is 12.0. The molecule has 0 aromatic carbocycles. The van der Waals surface area contributed by atoms with Crippen LogP contribution in [0.2, 0.25) is 0 Å². The Morgan fingerprint density at radius 1 is 1.63 bits per heavy atom. The van der Waals surface area contributed by atoms with Gasteiger partial charge in [-0.3, -0.25) is 0 Å². The third-order valence-electron chi connectivity index (χ3n) is 2.72. The summed E-state index contributed by atoms with van der Waals surface area (Å²) in [6.07, 6.45) is 0.253. The highest BCUT2D eigenvalue weighted by molar-refractivity contribution is 7.09. The second kappa shape index (κ2) is 5.69. The lowest BCUT2D eigenvalue weighted by Gasteiger charge is -2.06. The molecular weight excluding hydrogens is 266 g/mol. The van der Waals surface area contributed by atoms with E-state index in [9.17, 15) is 9.59 Å². The van der Waals surface area contributed by atoms with Crippen LogP contribution < -0.4 is 0 Å². The molecule has 0 bridgehead atoms. The van der Waals surface area contributed by atoms with Gasteiger partial charge in [0.05, 0.1) is 5.01 Å². The molecule has 1 saturated heterocycles. The van der Waals surface area contributed by atoms with Gasteiger partial charge < -0.3 is 9.47 Å². The molecule has 1 aliphatic heterocycles. The van der Waals surface area contributed by atoms with E-state index in [1.807, 2.05) is 0 Å². The van der Waals surface area contributed by atoms with Crippen molar-refractivity contribution < 1.29 is 19.1 Å². The predicted octanol–water partition coefficient (Wildman–Crippen LogP) is 2.20. The highest BCUT2D eigenvalue weighted by Gasteiger charge is 2.35. The van der Waals surface area contributed by atoms with Gasteiger partial charge >= 0.3 is 11.9 Å². The summed E-state index contributed by atoms with van der Waals surface area (Å²) in [7, 11) is 0. The van der Waals surface area contributed by atoms with Crippen molar-refractivity contribution in [1.82, 2.24) is 4.98 Å². The van der Waals surface area contributed by atoms with Gasteiger partial charge in [-0.2, -0.15) is 0 Å². The molecule has 6 heteroatoms. The van der Waals surface area contributed by atoms with E-state index in [2.05, 4.69) is 18.8 Å². The molecule has 0 saturated carbocycles. The molecule has 1 aromatic heterocycles. The molecule has 1 fully saturated rings. The van der Waals surface area contributed by atoms with Crippen molar-refractivity contribution in [2.24, 2.45) is 5.92 Å². The van der Waals surface area contributed by atoms with Crippen molar-refractivity contribution in [2.75, 3.05) is 0 Å². The quantitative estimate of drug-likeness (QED) is 0.793. The van der Waals surface area contributed by atoms with Crippen molar-refractivity contribution in [2.45, 2.75) is 45.8 Å². The third-order valence-corrected chi connectivity index (χ3v) is 3.59. The largest absolute Gasteiger partial charge is 0.460 e. The van der Waals surface area contributed by atoms with Gasteiger partial charge in [-0.05, 0) is 12.8 Å². The van der Waals surface area contributed by atoms with Crippen molar-refractivity contribution >= 4 is 23.3 Å². The van der Waals surface area contributed by atoms with E-state index in [1.165, 1.54) is 11.3 Å². The number of cyclic esters (lactones) is 1. The lowest BCUT2D eigenvalue weighted by molar-refractivity contribution is -0.147. The highest BCUT2D eigenvalue weighted by atomic mass is 32.1. The SMILES string of the molecule is CC(C)Cc1nc(C(=O)O[C@@H]2C[C@@H](C)OC2=O)cs1. The number of thiazole rings is 1. The van der Waals surface area contributed by atoms with Gasteiger partial charge in [0, 0.05) is 18.2 Å². The smallest absolute Gasteiger partial charge is 0.358 e. The summed E-state index contributed by atoms with van der Waals surface area (Å²) in [4.78, 5) is 27.5. The molecule has 5 nitrogen and oxygen atoms in total. The highest BCUT2D eigenvalue weighted by Crippen LogP contribution is 2.20. The zero-order chi connectivity index (χ0) is 14.0. The van der Waals surface area contributed by atoms with Crippen molar-refractivity contribution in [1.29, 1.82) is 0 Å². The van der Waals surface area contributed by atoms with Crippen molar-refractivity contribution in [3.63, 3.8) is 0 Å². The van der Waals surface area contributed by atoms with Gasteiger partial charge in [0.1, 0.15) is 6.10 Å². The van der Waals surface area contributed by atoms with E-state index in [1.54, 1.807) is 12.3 Å². The fraction of sp³-hybridized carbons (Fsp3) is 0.615. The van der Waals surface area contributed by atoms with E-state index in [0.717, 1.165) is 11.4 Å². The van der Waals surface area contributed by atoms with E-state index in [-0.39, 0.29) is 11.8 Å². The first-order valence-electron chi connectivity index (χ1n) is 6.31. The Hall–Kier alpha value is -1.43. The number of rotatable bonds is 4. The first-order chi connectivity index (χ1) is 8.95. The minimum absolute atomic E-state index is 0.197. The molecule has 2 atom stereocenters. The maximum Gasteiger partial charge on any atom is 0.358 e. The molecule has 0 radical (unpaired) electrons. The fourth-order valence-corrected chi connectivity index (χ4v) is 2.83. The lowest BCUT2D eigenvalue weighted by atomic mass is 10.1. The molecule has 1 aromatic rings. The molecule has 0 aliphatic carbocycles. The molecule has 0 unspecified atom stereocenters. The molecule has 19 heavy (non-hydrogen) atoms. The van der Waals surface area contributed by atoms with Crippen LogP contribution in [0.25, 0.3) is 0 Å². The van der Waals surface area contributed by atoms with Gasteiger partial charge in [0.2, 0.25) is 6.10 Å². The van der Waals surface area contributed by atoms with Crippen LogP contribution in [-0.4, -0.2) is 29.1 Å². The molecular formula is C13H17NO4S. The van der Waals surface area contributed by atoms with Gasteiger partial charge in [-0.15, -0.1) is 11.3 Å². The summed E-state index contributed by atoms with van der Waals surface area (Å²) in [6.45, 7) is 5.96. The topological polar surface area (TPSA) is 65.5 Å². The Balaban J connectivity index is 1.96. The number of carbonyl (C=O) groups is 2. The normalized spacial score (nSPS) is 22.6. The maximum atomic E-state index is 11.9. The van der Waals surface area contributed by atoms with Gasteiger partial charge in [0.15, 0.2) is 5.69 Å². The predicted molar refractivity (Wildman–Crippen MR) is 70.0 cm³/mol. The zero-order valence-electron chi connectivity index (χ0n) is 11.2. The molecule has 2 heterocycles.